The van der Waals surface area contributed by atoms with E-state index in [2.05, 4.69) is 17.4 Å². The predicted molar refractivity (Wildman–Crippen MR) is 84.1 cm³/mol. The molecule has 110 valence electrons. The first-order chi connectivity index (χ1) is 9.65. The third-order valence-corrected chi connectivity index (χ3v) is 4.06. The van der Waals surface area contributed by atoms with Crippen LogP contribution < -0.4 is 5.32 Å². The molecule has 1 fully saturated rings. The van der Waals surface area contributed by atoms with E-state index in [0.717, 1.165) is 18.2 Å². The Labute approximate surface area is 122 Å². The fourth-order valence-corrected chi connectivity index (χ4v) is 2.82. The van der Waals surface area contributed by atoms with Crippen LogP contribution in [0.15, 0.2) is 24.3 Å². The van der Waals surface area contributed by atoms with Crippen LogP contribution in [0, 0.1) is 0 Å². The van der Waals surface area contributed by atoms with Crippen LogP contribution in [0.25, 0.3) is 0 Å². The molecule has 0 atom stereocenters. The maximum absolute atomic E-state index is 11.8. The Balaban J connectivity index is 1.86. The molecule has 0 saturated heterocycles. The molecular formula is C17H26N2O. The van der Waals surface area contributed by atoms with Gasteiger partial charge >= 0.3 is 0 Å². The Morgan fingerprint density at radius 2 is 1.80 bits per heavy atom. The van der Waals surface area contributed by atoms with Crippen LogP contribution in [0.4, 0.5) is 5.69 Å². The van der Waals surface area contributed by atoms with Gasteiger partial charge in [-0.3, -0.25) is 4.79 Å². The lowest BCUT2D eigenvalue weighted by atomic mass is 9.84. The lowest BCUT2D eigenvalue weighted by Gasteiger charge is -2.22. The summed E-state index contributed by atoms with van der Waals surface area (Å²) in [6.45, 7) is 0.784. The number of anilines is 1. The Morgan fingerprint density at radius 1 is 1.15 bits per heavy atom. The second kappa shape index (κ2) is 7.44. The Kier molecular flexibility index (Phi) is 5.60. The van der Waals surface area contributed by atoms with Crippen LogP contribution in [0.5, 0.6) is 0 Å². The van der Waals surface area contributed by atoms with Crippen LogP contribution in [-0.2, 0) is 4.79 Å². The lowest BCUT2D eigenvalue weighted by Crippen LogP contribution is -2.20. The number of hydrogen-bond donors (Lipinski definition) is 1. The van der Waals surface area contributed by atoms with Gasteiger partial charge in [-0.1, -0.05) is 31.4 Å². The van der Waals surface area contributed by atoms with Gasteiger partial charge in [0.25, 0.3) is 0 Å². The number of hydrogen-bond acceptors (Lipinski definition) is 2. The third kappa shape index (κ3) is 4.64. The van der Waals surface area contributed by atoms with E-state index in [1.807, 2.05) is 31.1 Å². The van der Waals surface area contributed by atoms with Crippen molar-refractivity contribution in [1.29, 1.82) is 0 Å². The van der Waals surface area contributed by atoms with Crippen LogP contribution in [0.1, 0.15) is 50.0 Å². The maximum Gasteiger partial charge on any atom is 0.225 e. The standard InChI is InChI=1S/C17H26N2O/c1-19(2)13-12-17(20)18-16-10-8-15(9-11-16)14-6-4-3-5-7-14/h8-11,14H,3-7,12-13H2,1-2H3,(H,18,20). The van der Waals surface area contributed by atoms with E-state index in [9.17, 15) is 4.79 Å². The smallest absolute Gasteiger partial charge is 0.225 e. The van der Waals surface area contributed by atoms with Gasteiger partial charge in [-0.15, -0.1) is 0 Å². The van der Waals surface area contributed by atoms with Crippen molar-refractivity contribution in [2.45, 2.75) is 44.4 Å². The Bertz CT molecular complexity index is 419. The van der Waals surface area contributed by atoms with Crippen molar-refractivity contribution in [1.82, 2.24) is 4.90 Å². The van der Waals surface area contributed by atoms with E-state index in [-0.39, 0.29) is 5.91 Å². The molecule has 1 aliphatic carbocycles. The number of nitrogens with one attached hydrogen (secondary N) is 1. The van der Waals surface area contributed by atoms with E-state index in [4.69, 9.17) is 0 Å². The van der Waals surface area contributed by atoms with Gasteiger partial charge in [0.1, 0.15) is 0 Å². The predicted octanol–water partition coefficient (Wildman–Crippen LogP) is 3.62. The minimum atomic E-state index is 0.0871. The molecule has 0 heterocycles. The molecule has 20 heavy (non-hydrogen) atoms. The first kappa shape index (κ1) is 15.0. The fourth-order valence-electron chi connectivity index (χ4n) is 2.82. The average Bonchev–Trinajstić information content (AvgIpc) is 2.47. The number of benzene rings is 1. The summed E-state index contributed by atoms with van der Waals surface area (Å²) in [5.74, 6) is 0.811. The van der Waals surface area contributed by atoms with Gasteiger partial charge in [0, 0.05) is 18.7 Å². The highest BCUT2D eigenvalue weighted by molar-refractivity contribution is 5.90. The van der Waals surface area contributed by atoms with Gasteiger partial charge < -0.3 is 10.2 Å². The SMILES string of the molecule is CN(C)CCC(=O)Nc1ccc(C2CCCCC2)cc1. The Hall–Kier alpha value is -1.35. The molecule has 1 saturated carbocycles. The maximum atomic E-state index is 11.8. The van der Waals surface area contributed by atoms with Crippen molar-refractivity contribution < 1.29 is 4.79 Å². The summed E-state index contributed by atoms with van der Waals surface area (Å²) in [5.41, 5.74) is 2.34. The summed E-state index contributed by atoms with van der Waals surface area (Å²) in [6.07, 6.45) is 7.26. The summed E-state index contributed by atoms with van der Waals surface area (Å²) in [7, 11) is 3.96. The van der Waals surface area contributed by atoms with Crippen molar-refractivity contribution in [3.8, 4) is 0 Å². The molecule has 3 heteroatoms. The van der Waals surface area contributed by atoms with E-state index in [1.165, 1.54) is 37.7 Å². The van der Waals surface area contributed by atoms with Gasteiger partial charge in [-0.25, -0.2) is 0 Å². The molecule has 0 aliphatic heterocycles. The molecule has 1 aromatic rings. The zero-order valence-electron chi connectivity index (χ0n) is 12.7. The second-order valence-corrected chi connectivity index (χ2v) is 6.06. The number of carbonyl (C=O) groups excluding carboxylic acids is 1. The fraction of sp³-hybridized carbons (Fsp3) is 0.588. The molecule has 0 bridgehead atoms. The molecular weight excluding hydrogens is 248 g/mol. The summed E-state index contributed by atoms with van der Waals surface area (Å²) in [4.78, 5) is 13.8. The molecule has 0 radical (unpaired) electrons. The van der Waals surface area contributed by atoms with Crippen LogP contribution in [-0.4, -0.2) is 31.4 Å². The summed E-state index contributed by atoms with van der Waals surface area (Å²) in [5, 5.41) is 2.96. The Morgan fingerprint density at radius 3 is 2.40 bits per heavy atom. The van der Waals surface area contributed by atoms with Gasteiger partial charge in [0.2, 0.25) is 5.91 Å². The molecule has 0 spiro atoms. The largest absolute Gasteiger partial charge is 0.326 e. The first-order valence-electron chi connectivity index (χ1n) is 7.69. The van der Waals surface area contributed by atoms with Crippen LogP contribution in [0.3, 0.4) is 0 Å². The average molecular weight is 274 g/mol. The van der Waals surface area contributed by atoms with Gasteiger partial charge in [0.15, 0.2) is 0 Å². The third-order valence-electron chi connectivity index (χ3n) is 4.06. The zero-order valence-corrected chi connectivity index (χ0v) is 12.7. The summed E-state index contributed by atoms with van der Waals surface area (Å²) < 4.78 is 0. The van der Waals surface area contributed by atoms with E-state index in [1.54, 1.807) is 0 Å². The second-order valence-electron chi connectivity index (χ2n) is 6.06. The van der Waals surface area contributed by atoms with Crippen molar-refractivity contribution >= 4 is 11.6 Å². The highest BCUT2D eigenvalue weighted by atomic mass is 16.1. The van der Waals surface area contributed by atoms with Crippen molar-refractivity contribution in [3.05, 3.63) is 29.8 Å². The first-order valence-corrected chi connectivity index (χ1v) is 7.69. The molecule has 0 aromatic heterocycles. The molecule has 1 aliphatic rings. The van der Waals surface area contributed by atoms with E-state index < -0.39 is 0 Å². The molecule has 0 unspecified atom stereocenters. The van der Waals surface area contributed by atoms with Crippen molar-refractivity contribution in [2.24, 2.45) is 0 Å². The molecule has 1 aromatic carbocycles. The summed E-state index contributed by atoms with van der Waals surface area (Å²) in [6, 6.07) is 8.43. The lowest BCUT2D eigenvalue weighted by molar-refractivity contribution is -0.116. The van der Waals surface area contributed by atoms with Gasteiger partial charge in [-0.2, -0.15) is 0 Å². The zero-order chi connectivity index (χ0) is 14.4. The van der Waals surface area contributed by atoms with E-state index in [0.29, 0.717) is 6.42 Å². The summed E-state index contributed by atoms with van der Waals surface area (Å²) >= 11 is 0. The molecule has 3 nitrogen and oxygen atoms in total. The molecule has 1 amide bonds. The topological polar surface area (TPSA) is 32.3 Å². The monoisotopic (exact) mass is 274 g/mol. The number of rotatable bonds is 5. The molecule has 2 rings (SSSR count). The van der Waals surface area contributed by atoms with Crippen LogP contribution >= 0.6 is 0 Å². The number of nitrogens with zero attached hydrogens (tertiary/aromatic N) is 1. The molecule has 1 N–H and O–H groups in total. The van der Waals surface area contributed by atoms with Gasteiger partial charge in [0.05, 0.1) is 0 Å². The van der Waals surface area contributed by atoms with Crippen LogP contribution in [0.2, 0.25) is 0 Å². The van der Waals surface area contributed by atoms with Crippen molar-refractivity contribution in [2.75, 3.05) is 26.0 Å². The normalized spacial score (nSPS) is 16.4. The van der Waals surface area contributed by atoms with E-state index >= 15 is 0 Å². The highest BCUT2D eigenvalue weighted by Gasteiger charge is 2.15. The minimum absolute atomic E-state index is 0.0871. The minimum Gasteiger partial charge on any atom is -0.326 e. The number of carbonyl (C=O) groups is 1. The highest BCUT2D eigenvalue weighted by Crippen LogP contribution is 2.32. The quantitative estimate of drug-likeness (QED) is 0.889. The van der Waals surface area contributed by atoms with Crippen molar-refractivity contribution in [3.63, 3.8) is 0 Å². The number of amides is 1. The van der Waals surface area contributed by atoms with Gasteiger partial charge in [-0.05, 0) is 50.6 Å².